The molecule has 1 N–H and O–H groups in total. The van der Waals surface area contributed by atoms with Crippen LogP contribution in [0, 0.1) is 6.92 Å². The Balaban J connectivity index is 1.61. The summed E-state index contributed by atoms with van der Waals surface area (Å²) >= 11 is 0. The van der Waals surface area contributed by atoms with Crippen LogP contribution in [0.3, 0.4) is 0 Å². The average molecular weight is 347 g/mol. The number of benzene rings is 1. The van der Waals surface area contributed by atoms with E-state index in [9.17, 15) is 5.11 Å². The summed E-state index contributed by atoms with van der Waals surface area (Å²) in [4.78, 5) is 0. The second-order valence-electron chi connectivity index (χ2n) is 7.23. The molecule has 5 rings (SSSR count). The summed E-state index contributed by atoms with van der Waals surface area (Å²) in [5.74, 6) is 0. The Kier molecular flexibility index (Phi) is 3.57. The lowest BCUT2D eigenvalue weighted by Gasteiger charge is -2.29. The number of aliphatic hydroxyl groups is 1. The van der Waals surface area contributed by atoms with Crippen molar-refractivity contribution in [2.45, 2.75) is 44.8 Å². The molecule has 132 valence electrons. The number of hydrogen-bond donors (Lipinski definition) is 1. The van der Waals surface area contributed by atoms with Crippen molar-refractivity contribution in [3.63, 3.8) is 0 Å². The lowest BCUT2D eigenvalue weighted by molar-refractivity contribution is 0.0773. The molecule has 1 fully saturated rings. The number of nitrogens with zero attached hydrogens (tertiary/aromatic N) is 3. The fraction of sp³-hybridized carbons (Fsp3) is 0.333. The van der Waals surface area contributed by atoms with E-state index >= 15 is 0 Å². The molecule has 0 saturated heterocycles. The Morgan fingerprint density at radius 1 is 1.12 bits per heavy atom. The number of aryl methyl sites for hydroxylation is 1. The molecule has 3 heterocycles. The van der Waals surface area contributed by atoms with E-state index in [1.807, 2.05) is 18.2 Å². The molecular formula is C21H21N3O2. The lowest BCUT2D eigenvalue weighted by atomic mass is 9.92. The van der Waals surface area contributed by atoms with Crippen molar-refractivity contribution in [1.29, 1.82) is 0 Å². The van der Waals surface area contributed by atoms with Gasteiger partial charge in [-0.05, 0) is 55.7 Å². The van der Waals surface area contributed by atoms with Crippen LogP contribution in [0.5, 0.6) is 0 Å². The van der Waals surface area contributed by atoms with Crippen LogP contribution in [0.2, 0.25) is 0 Å². The molecule has 0 unspecified atom stereocenters. The summed E-state index contributed by atoms with van der Waals surface area (Å²) in [5.41, 5.74) is 4.78. The van der Waals surface area contributed by atoms with Gasteiger partial charge in [0, 0.05) is 22.5 Å². The summed E-state index contributed by atoms with van der Waals surface area (Å²) in [6.45, 7) is 2.09. The Morgan fingerprint density at radius 2 is 2.00 bits per heavy atom. The second kappa shape index (κ2) is 5.95. The fourth-order valence-electron chi connectivity index (χ4n) is 4.21. The largest absolute Gasteiger partial charge is 0.464 e. The van der Waals surface area contributed by atoms with Crippen LogP contribution in [-0.2, 0) is 0 Å². The molecule has 4 aromatic rings. The zero-order valence-electron chi connectivity index (χ0n) is 14.7. The third-order valence-corrected chi connectivity index (χ3v) is 5.67. The first kappa shape index (κ1) is 15.6. The quantitative estimate of drug-likeness (QED) is 0.574. The predicted molar refractivity (Wildman–Crippen MR) is 101 cm³/mol. The number of fused-ring (bicyclic) bond motifs is 2. The van der Waals surface area contributed by atoms with Gasteiger partial charge in [0.25, 0.3) is 0 Å². The minimum absolute atomic E-state index is 0.100. The van der Waals surface area contributed by atoms with E-state index in [2.05, 4.69) is 40.0 Å². The summed E-state index contributed by atoms with van der Waals surface area (Å²) in [6.07, 6.45) is 7.55. The molecule has 1 aliphatic carbocycles. The van der Waals surface area contributed by atoms with Gasteiger partial charge >= 0.3 is 0 Å². The van der Waals surface area contributed by atoms with E-state index < -0.39 is 0 Å². The monoisotopic (exact) mass is 347 g/mol. The van der Waals surface area contributed by atoms with Gasteiger partial charge < -0.3 is 14.1 Å². The Hall–Kier alpha value is -2.66. The first-order valence-electron chi connectivity index (χ1n) is 9.22. The first-order chi connectivity index (χ1) is 12.7. The highest BCUT2D eigenvalue weighted by Crippen LogP contribution is 2.34. The highest BCUT2D eigenvalue weighted by Gasteiger charge is 2.26. The van der Waals surface area contributed by atoms with E-state index in [0.29, 0.717) is 0 Å². The summed E-state index contributed by atoms with van der Waals surface area (Å²) in [6, 6.07) is 10.2. The van der Waals surface area contributed by atoms with Crippen LogP contribution >= 0.6 is 0 Å². The van der Waals surface area contributed by atoms with Crippen molar-refractivity contribution in [3.8, 4) is 11.3 Å². The van der Waals surface area contributed by atoms with E-state index in [4.69, 9.17) is 4.42 Å². The van der Waals surface area contributed by atoms with Gasteiger partial charge in [-0.15, -0.1) is 10.2 Å². The Labute approximate surface area is 151 Å². The molecular weight excluding hydrogens is 326 g/mol. The predicted octanol–water partition coefficient (Wildman–Crippen LogP) is 4.63. The maximum absolute atomic E-state index is 10.4. The molecule has 3 aromatic heterocycles. The molecule has 1 saturated carbocycles. The van der Waals surface area contributed by atoms with Gasteiger partial charge in [-0.1, -0.05) is 12.8 Å². The zero-order valence-corrected chi connectivity index (χ0v) is 14.7. The average Bonchev–Trinajstić information content (AvgIpc) is 3.29. The number of aromatic nitrogens is 3. The zero-order chi connectivity index (χ0) is 17.7. The van der Waals surface area contributed by atoms with Crippen molar-refractivity contribution >= 4 is 22.0 Å². The first-order valence-corrected chi connectivity index (χ1v) is 9.22. The standard InChI is InChI=1S/C21H21N3O2/c1-13-16-8-10-24(17-4-2-3-5-18(17)25)21(16)23-22-20(13)15-6-7-19-14(12-15)9-11-26-19/h6-12,17-18,25H,2-5H2,1H3/t17-,18-/m1/s1. The SMILES string of the molecule is Cc1c(-c2ccc3occc3c2)nnc2c1ccn2[C@@H]1CCCC[C@H]1O. The van der Waals surface area contributed by atoms with Crippen LogP contribution in [-0.4, -0.2) is 26.0 Å². The molecule has 2 atom stereocenters. The number of hydrogen-bond acceptors (Lipinski definition) is 4. The molecule has 0 aliphatic heterocycles. The van der Waals surface area contributed by atoms with Gasteiger partial charge in [-0.3, -0.25) is 0 Å². The van der Waals surface area contributed by atoms with Crippen molar-refractivity contribution in [1.82, 2.24) is 14.8 Å². The number of aliphatic hydroxyl groups excluding tert-OH is 1. The topological polar surface area (TPSA) is 64.1 Å². The molecule has 1 aliphatic rings. The maximum atomic E-state index is 10.4. The molecule has 26 heavy (non-hydrogen) atoms. The third kappa shape index (κ3) is 2.35. The van der Waals surface area contributed by atoms with Crippen LogP contribution < -0.4 is 0 Å². The second-order valence-corrected chi connectivity index (χ2v) is 7.23. The van der Waals surface area contributed by atoms with Crippen molar-refractivity contribution < 1.29 is 9.52 Å². The molecule has 0 radical (unpaired) electrons. The van der Waals surface area contributed by atoms with Crippen LogP contribution in [0.25, 0.3) is 33.3 Å². The Morgan fingerprint density at radius 3 is 2.88 bits per heavy atom. The third-order valence-electron chi connectivity index (χ3n) is 5.67. The number of rotatable bonds is 2. The lowest BCUT2D eigenvalue weighted by Crippen LogP contribution is -2.27. The van der Waals surface area contributed by atoms with Gasteiger partial charge in [0.1, 0.15) is 5.58 Å². The maximum Gasteiger partial charge on any atom is 0.163 e. The van der Waals surface area contributed by atoms with Crippen LogP contribution in [0.15, 0.2) is 47.2 Å². The summed E-state index contributed by atoms with van der Waals surface area (Å²) in [7, 11) is 0. The van der Waals surface area contributed by atoms with Gasteiger partial charge in [-0.2, -0.15) is 0 Å². The van der Waals surface area contributed by atoms with E-state index in [1.54, 1.807) is 6.26 Å². The summed E-state index contributed by atoms with van der Waals surface area (Å²) in [5, 5.41) is 21.6. The molecule has 1 aromatic carbocycles. The van der Waals surface area contributed by atoms with Gasteiger partial charge in [-0.25, -0.2) is 0 Å². The highest BCUT2D eigenvalue weighted by molar-refractivity contribution is 5.88. The normalized spacial score (nSPS) is 20.8. The Bertz CT molecular complexity index is 1100. The molecule has 5 nitrogen and oxygen atoms in total. The number of furan rings is 1. The minimum atomic E-state index is -0.301. The van der Waals surface area contributed by atoms with E-state index in [0.717, 1.165) is 64.5 Å². The fourth-order valence-corrected chi connectivity index (χ4v) is 4.21. The molecule has 0 amide bonds. The van der Waals surface area contributed by atoms with Crippen LogP contribution in [0.4, 0.5) is 0 Å². The van der Waals surface area contributed by atoms with Gasteiger partial charge in [0.15, 0.2) is 5.65 Å². The highest BCUT2D eigenvalue weighted by atomic mass is 16.3. The van der Waals surface area contributed by atoms with E-state index in [1.165, 1.54) is 0 Å². The van der Waals surface area contributed by atoms with Crippen molar-refractivity contribution in [2.75, 3.05) is 0 Å². The minimum Gasteiger partial charge on any atom is -0.464 e. The van der Waals surface area contributed by atoms with E-state index in [-0.39, 0.29) is 12.1 Å². The smallest absolute Gasteiger partial charge is 0.163 e. The van der Waals surface area contributed by atoms with Crippen LogP contribution in [0.1, 0.15) is 37.3 Å². The summed E-state index contributed by atoms with van der Waals surface area (Å²) < 4.78 is 7.54. The van der Waals surface area contributed by atoms with Gasteiger partial charge in [0.2, 0.25) is 0 Å². The molecule has 0 bridgehead atoms. The van der Waals surface area contributed by atoms with Crippen molar-refractivity contribution in [3.05, 3.63) is 48.4 Å². The van der Waals surface area contributed by atoms with Crippen molar-refractivity contribution in [2.24, 2.45) is 0 Å². The molecule has 5 heteroatoms. The molecule has 0 spiro atoms. The van der Waals surface area contributed by atoms with Gasteiger partial charge in [0.05, 0.1) is 24.1 Å².